The number of amides is 3. The molecule has 0 radical (unpaired) electrons. The second kappa shape index (κ2) is 8.92. The van der Waals surface area contributed by atoms with Gasteiger partial charge in [0.05, 0.1) is 0 Å². The lowest BCUT2D eigenvalue weighted by Crippen LogP contribution is -2.54. The van der Waals surface area contributed by atoms with Crippen molar-refractivity contribution < 1.29 is 14.4 Å². The summed E-state index contributed by atoms with van der Waals surface area (Å²) in [6.45, 7) is 5.26. The summed E-state index contributed by atoms with van der Waals surface area (Å²) >= 11 is 0. The maximum Gasteiger partial charge on any atom is 0.255 e. The van der Waals surface area contributed by atoms with Gasteiger partial charge in [0.15, 0.2) is 0 Å². The van der Waals surface area contributed by atoms with Crippen LogP contribution in [0.15, 0.2) is 42.5 Å². The van der Waals surface area contributed by atoms with Crippen molar-refractivity contribution in [3.8, 4) is 0 Å². The second-order valence-electron chi connectivity index (χ2n) is 8.52. The van der Waals surface area contributed by atoms with Crippen LogP contribution in [0.5, 0.6) is 0 Å². The molecule has 0 aromatic heterocycles. The first-order valence-corrected chi connectivity index (χ1v) is 11.0. The standard InChI is InChI=1S/C25H29N3O3/c1-17-8-4-5-9-22(17)24(30)28-16-20-14-21(26-18(2)29)11-10-19(20)15-23(28)25(31)27-12-6-3-7-13-27/h4-5,8-11,14,23H,3,6-7,12-13,15-16H2,1-2H3,(H,26,29). The second-order valence-corrected chi connectivity index (χ2v) is 8.52. The first-order chi connectivity index (χ1) is 14.9. The van der Waals surface area contributed by atoms with E-state index in [4.69, 9.17) is 0 Å². The number of nitrogens with zero attached hydrogens (tertiary/aromatic N) is 2. The van der Waals surface area contributed by atoms with E-state index in [0.29, 0.717) is 24.2 Å². The van der Waals surface area contributed by atoms with Crippen LogP contribution in [0.3, 0.4) is 0 Å². The molecule has 2 aromatic carbocycles. The number of fused-ring (bicyclic) bond motifs is 1. The van der Waals surface area contributed by atoms with Crippen molar-refractivity contribution in [1.29, 1.82) is 0 Å². The zero-order chi connectivity index (χ0) is 22.0. The normalized spacial score (nSPS) is 18.3. The lowest BCUT2D eigenvalue weighted by atomic mass is 9.91. The summed E-state index contributed by atoms with van der Waals surface area (Å²) < 4.78 is 0. The summed E-state index contributed by atoms with van der Waals surface area (Å²) in [5, 5.41) is 2.81. The van der Waals surface area contributed by atoms with Crippen LogP contribution in [0.25, 0.3) is 0 Å². The van der Waals surface area contributed by atoms with E-state index in [9.17, 15) is 14.4 Å². The van der Waals surface area contributed by atoms with E-state index in [1.165, 1.54) is 6.92 Å². The van der Waals surface area contributed by atoms with Gasteiger partial charge in [0.1, 0.15) is 6.04 Å². The number of benzene rings is 2. The molecule has 0 bridgehead atoms. The van der Waals surface area contributed by atoms with Gasteiger partial charge in [-0.25, -0.2) is 0 Å². The van der Waals surface area contributed by atoms with Crippen molar-refractivity contribution in [2.24, 2.45) is 0 Å². The van der Waals surface area contributed by atoms with Crippen LogP contribution in [0, 0.1) is 6.92 Å². The van der Waals surface area contributed by atoms with Gasteiger partial charge in [-0.3, -0.25) is 14.4 Å². The first-order valence-electron chi connectivity index (χ1n) is 11.0. The summed E-state index contributed by atoms with van der Waals surface area (Å²) in [5.41, 5.74) is 4.25. The molecule has 2 aliphatic rings. The van der Waals surface area contributed by atoms with Crippen LogP contribution in [-0.2, 0) is 22.6 Å². The molecular weight excluding hydrogens is 390 g/mol. The van der Waals surface area contributed by atoms with Gasteiger partial charge in [-0.05, 0) is 61.1 Å². The molecule has 2 aromatic rings. The number of nitrogens with one attached hydrogen (secondary N) is 1. The fraction of sp³-hybridized carbons (Fsp3) is 0.400. The third-order valence-electron chi connectivity index (χ3n) is 6.25. The summed E-state index contributed by atoms with van der Waals surface area (Å²) in [6, 6.07) is 12.7. The van der Waals surface area contributed by atoms with Gasteiger partial charge in [-0.15, -0.1) is 0 Å². The first kappa shape index (κ1) is 21.1. The molecule has 1 fully saturated rings. The highest BCUT2D eigenvalue weighted by Crippen LogP contribution is 2.29. The fourth-order valence-electron chi connectivity index (χ4n) is 4.59. The van der Waals surface area contributed by atoms with E-state index in [1.807, 2.05) is 54.3 Å². The number of hydrogen-bond acceptors (Lipinski definition) is 3. The van der Waals surface area contributed by atoms with Crippen LogP contribution in [0.4, 0.5) is 5.69 Å². The van der Waals surface area contributed by atoms with Crippen LogP contribution in [0.2, 0.25) is 0 Å². The van der Waals surface area contributed by atoms with Crippen LogP contribution in [0.1, 0.15) is 53.2 Å². The zero-order valence-electron chi connectivity index (χ0n) is 18.2. The van der Waals surface area contributed by atoms with Crippen LogP contribution >= 0.6 is 0 Å². The molecule has 1 N–H and O–H groups in total. The van der Waals surface area contributed by atoms with Gasteiger partial charge in [0, 0.05) is 44.2 Å². The smallest absolute Gasteiger partial charge is 0.255 e. The summed E-state index contributed by atoms with van der Waals surface area (Å²) in [6.07, 6.45) is 3.67. The topological polar surface area (TPSA) is 69.7 Å². The maximum absolute atomic E-state index is 13.6. The lowest BCUT2D eigenvalue weighted by Gasteiger charge is -2.40. The Kier molecular flexibility index (Phi) is 6.07. The fourth-order valence-corrected chi connectivity index (χ4v) is 4.59. The highest BCUT2D eigenvalue weighted by atomic mass is 16.2. The molecule has 1 unspecified atom stereocenters. The number of rotatable bonds is 3. The zero-order valence-corrected chi connectivity index (χ0v) is 18.2. The Hall–Kier alpha value is -3.15. The van der Waals surface area contributed by atoms with Crippen molar-refractivity contribution in [3.63, 3.8) is 0 Å². The van der Waals surface area contributed by atoms with Gasteiger partial charge < -0.3 is 15.1 Å². The molecule has 0 saturated carbocycles. The third-order valence-corrected chi connectivity index (χ3v) is 6.25. The van der Waals surface area contributed by atoms with E-state index in [-0.39, 0.29) is 17.7 Å². The van der Waals surface area contributed by atoms with E-state index in [0.717, 1.165) is 49.0 Å². The van der Waals surface area contributed by atoms with Crippen molar-refractivity contribution in [2.75, 3.05) is 18.4 Å². The van der Waals surface area contributed by atoms with Crippen molar-refractivity contribution >= 4 is 23.4 Å². The Morgan fingerprint density at radius 3 is 2.42 bits per heavy atom. The Morgan fingerprint density at radius 1 is 0.968 bits per heavy atom. The highest BCUT2D eigenvalue weighted by molar-refractivity contribution is 5.99. The number of carbonyl (C=O) groups is 3. The summed E-state index contributed by atoms with van der Waals surface area (Å²) in [4.78, 5) is 42.2. The van der Waals surface area contributed by atoms with E-state index >= 15 is 0 Å². The minimum absolute atomic E-state index is 0.0400. The number of aryl methyl sites for hydroxylation is 1. The van der Waals surface area contributed by atoms with E-state index in [1.54, 1.807) is 4.90 Å². The SMILES string of the molecule is CC(=O)Nc1ccc2c(c1)CN(C(=O)c1ccccc1C)C(C(=O)N1CCCCC1)C2. The lowest BCUT2D eigenvalue weighted by molar-refractivity contribution is -0.137. The highest BCUT2D eigenvalue weighted by Gasteiger charge is 2.38. The predicted molar refractivity (Wildman–Crippen MR) is 120 cm³/mol. The molecule has 6 nitrogen and oxygen atoms in total. The molecule has 4 rings (SSSR count). The van der Waals surface area contributed by atoms with Crippen LogP contribution in [-0.4, -0.2) is 46.7 Å². The molecule has 31 heavy (non-hydrogen) atoms. The number of hydrogen-bond donors (Lipinski definition) is 1. The molecule has 0 spiro atoms. The number of likely N-dealkylation sites (tertiary alicyclic amines) is 1. The average Bonchev–Trinajstić information content (AvgIpc) is 2.78. The molecule has 2 heterocycles. The van der Waals surface area contributed by atoms with Gasteiger partial charge in [0.25, 0.3) is 5.91 Å². The number of piperidine rings is 1. The maximum atomic E-state index is 13.6. The summed E-state index contributed by atoms with van der Waals surface area (Å²) in [5.74, 6) is -0.219. The number of anilines is 1. The van der Waals surface area contributed by atoms with Gasteiger partial charge in [0.2, 0.25) is 11.8 Å². The van der Waals surface area contributed by atoms with Gasteiger partial charge in [-0.2, -0.15) is 0 Å². The van der Waals surface area contributed by atoms with Crippen LogP contribution < -0.4 is 5.32 Å². The Balaban J connectivity index is 1.69. The van der Waals surface area contributed by atoms with Gasteiger partial charge in [-0.1, -0.05) is 24.3 Å². The van der Waals surface area contributed by atoms with E-state index < -0.39 is 6.04 Å². The average molecular weight is 420 g/mol. The predicted octanol–water partition coefficient (Wildman–Crippen LogP) is 3.53. The molecule has 6 heteroatoms. The molecule has 2 aliphatic heterocycles. The largest absolute Gasteiger partial charge is 0.341 e. The quantitative estimate of drug-likeness (QED) is 0.827. The Bertz CT molecular complexity index is 1010. The minimum atomic E-state index is -0.510. The molecular formula is C25H29N3O3. The van der Waals surface area contributed by atoms with Crippen molar-refractivity contribution in [3.05, 3.63) is 64.7 Å². The molecule has 3 amide bonds. The van der Waals surface area contributed by atoms with Crippen molar-refractivity contribution in [1.82, 2.24) is 9.80 Å². The minimum Gasteiger partial charge on any atom is -0.341 e. The van der Waals surface area contributed by atoms with E-state index in [2.05, 4.69) is 5.32 Å². The number of carbonyl (C=O) groups excluding carboxylic acids is 3. The third kappa shape index (κ3) is 4.48. The summed E-state index contributed by atoms with van der Waals surface area (Å²) in [7, 11) is 0. The van der Waals surface area contributed by atoms with Crippen molar-refractivity contribution in [2.45, 2.75) is 52.1 Å². The molecule has 162 valence electrons. The Labute approximate surface area is 183 Å². The molecule has 0 aliphatic carbocycles. The monoisotopic (exact) mass is 419 g/mol. The Morgan fingerprint density at radius 2 is 1.71 bits per heavy atom. The molecule has 1 atom stereocenters. The van der Waals surface area contributed by atoms with Gasteiger partial charge >= 0.3 is 0 Å². The molecule has 1 saturated heterocycles.